The number of hydrogen-bond donors (Lipinski definition) is 1. The molecule has 4 heterocycles. The fourth-order valence-electron chi connectivity index (χ4n) is 6.56. The summed E-state index contributed by atoms with van der Waals surface area (Å²) < 4.78 is 24.3. The van der Waals surface area contributed by atoms with Crippen LogP contribution in [0.1, 0.15) is 52.9 Å². The Balaban J connectivity index is 1.14. The van der Waals surface area contributed by atoms with Gasteiger partial charge in [0.05, 0.1) is 24.7 Å². The number of likely N-dealkylation sites (tertiary alicyclic amines) is 2. The zero-order valence-electron chi connectivity index (χ0n) is 21.2. The Bertz CT molecular complexity index is 790. The second-order valence-electron chi connectivity index (χ2n) is 11.6. The molecule has 5 aliphatic rings. The van der Waals surface area contributed by atoms with Crippen LogP contribution in [0.3, 0.4) is 0 Å². The summed E-state index contributed by atoms with van der Waals surface area (Å²) in [6.07, 6.45) is 5.90. The van der Waals surface area contributed by atoms with Crippen molar-refractivity contribution in [3.63, 3.8) is 0 Å². The van der Waals surface area contributed by atoms with Crippen molar-refractivity contribution in [2.24, 2.45) is 11.8 Å². The summed E-state index contributed by atoms with van der Waals surface area (Å²) in [5.74, 6) is 0.562. The lowest BCUT2D eigenvalue weighted by Crippen LogP contribution is -2.57. The van der Waals surface area contributed by atoms with Gasteiger partial charge in [-0.3, -0.25) is 0 Å². The minimum Gasteiger partial charge on any atom is -0.443 e. The summed E-state index contributed by atoms with van der Waals surface area (Å²) >= 11 is 0. The van der Waals surface area contributed by atoms with Crippen molar-refractivity contribution >= 4 is 6.09 Å². The molecule has 0 aromatic heterocycles. The fraction of sp³-hybridized carbons (Fsp3) is 0.885. The lowest BCUT2D eigenvalue weighted by molar-refractivity contribution is -0.124. The van der Waals surface area contributed by atoms with E-state index >= 15 is 0 Å². The molecule has 4 aliphatic heterocycles. The van der Waals surface area contributed by atoms with Crippen molar-refractivity contribution in [1.82, 2.24) is 9.80 Å². The molecule has 0 radical (unpaired) electrons. The molecule has 0 bridgehead atoms. The highest BCUT2D eigenvalue weighted by molar-refractivity contribution is 5.69. The van der Waals surface area contributed by atoms with Crippen LogP contribution < -0.4 is 0 Å². The maximum Gasteiger partial charge on any atom is 0.410 e. The quantitative estimate of drug-likeness (QED) is 0.424. The molecule has 1 amide bonds. The molecule has 7 atom stereocenters. The first-order chi connectivity index (χ1) is 16.2. The SMILES string of the molecule is COC1C(OC(=O)N2CC(CCN3CCC(O)C3)C2)CCC2(CO2)C1[C@@]1(C)O[C@@H]1CC=C(C)C. The highest BCUT2D eigenvalue weighted by Gasteiger charge is 2.72. The summed E-state index contributed by atoms with van der Waals surface area (Å²) in [4.78, 5) is 17.1. The standard InChI is InChI=1S/C26H42N2O6/c1-17(2)5-6-21-25(3,34-21)23-22(31-4)20(7-10-26(23)16-32-26)33-24(30)28-13-18(14-28)8-11-27-12-9-19(29)15-27/h5,18-23,29H,6-16H2,1-4H3/t19?,20?,21-,22?,23?,25+,26?/m1/s1. The van der Waals surface area contributed by atoms with Crippen LogP contribution in [0, 0.1) is 11.8 Å². The van der Waals surface area contributed by atoms with Crippen LogP contribution in [0.2, 0.25) is 0 Å². The number of carbonyl (C=O) groups excluding carboxylic acids is 1. The van der Waals surface area contributed by atoms with E-state index in [1.54, 1.807) is 7.11 Å². The Kier molecular flexibility index (Phi) is 6.74. The number of hydrogen-bond acceptors (Lipinski definition) is 7. The van der Waals surface area contributed by atoms with Crippen LogP contribution in [0.5, 0.6) is 0 Å². The number of aliphatic hydroxyl groups is 1. The highest BCUT2D eigenvalue weighted by atomic mass is 16.6. The van der Waals surface area contributed by atoms with Gasteiger partial charge < -0.3 is 33.9 Å². The fourth-order valence-corrected chi connectivity index (χ4v) is 6.56. The summed E-state index contributed by atoms with van der Waals surface area (Å²) in [5, 5.41) is 9.68. The molecule has 1 spiro atoms. The first kappa shape index (κ1) is 24.5. The topological polar surface area (TPSA) is 87.3 Å². The summed E-state index contributed by atoms with van der Waals surface area (Å²) in [7, 11) is 1.71. The zero-order chi connectivity index (χ0) is 24.1. The van der Waals surface area contributed by atoms with Crippen LogP contribution in [0.4, 0.5) is 4.79 Å². The molecule has 5 rings (SSSR count). The highest BCUT2D eigenvalue weighted by Crippen LogP contribution is 2.59. The number of aliphatic hydroxyl groups excluding tert-OH is 1. The molecule has 5 unspecified atom stereocenters. The smallest absolute Gasteiger partial charge is 0.410 e. The van der Waals surface area contributed by atoms with Gasteiger partial charge in [-0.05, 0) is 65.3 Å². The van der Waals surface area contributed by atoms with Crippen molar-refractivity contribution < 1.29 is 28.8 Å². The Hall–Kier alpha value is -1.19. The first-order valence-corrected chi connectivity index (χ1v) is 13.1. The van der Waals surface area contributed by atoms with Gasteiger partial charge in [0.25, 0.3) is 0 Å². The van der Waals surface area contributed by atoms with E-state index in [9.17, 15) is 9.90 Å². The predicted octanol–water partition coefficient (Wildman–Crippen LogP) is 2.59. The predicted molar refractivity (Wildman–Crippen MR) is 127 cm³/mol. The van der Waals surface area contributed by atoms with Crippen molar-refractivity contribution in [2.45, 2.75) is 88.5 Å². The molecule has 0 aromatic carbocycles. The monoisotopic (exact) mass is 478 g/mol. The third-order valence-electron chi connectivity index (χ3n) is 8.81. The molecular weight excluding hydrogens is 436 g/mol. The summed E-state index contributed by atoms with van der Waals surface area (Å²) in [6, 6.07) is 0. The first-order valence-electron chi connectivity index (χ1n) is 13.1. The van der Waals surface area contributed by atoms with Crippen molar-refractivity contribution in [3.05, 3.63) is 11.6 Å². The molecule has 4 saturated heterocycles. The molecule has 5 fully saturated rings. The maximum absolute atomic E-state index is 12.9. The van der Waals surface area contributed by atoms with Gasteiger partial charge in [0.2, 0.25) is 0 Å². The molecule has 0 aromatic rings. The van der Waals surface area contributed by atoms with E-state index in [1.807, 2.05) is 4.90 Å². The normalized spacial score (nSPS) is 41.9. The third kappa shape index (κ3) is 4.76. The van der Waals surface area contributed by atoms with E-state index in [4.69, 9.17) is 18.9 Å². The Morgan fingerprint density at radius 2 is 2.00 bits per heavy atom. The second-order valence-corrected chi connectivity index (χ2v) is 11.6. The van der Waals surface area contributed by atoms with Crippen LogP contribution in [0.15, 0.2) is 11.6 Å². The van der Waals surface area contributed by atoms with Gasteiger partial charge in [-0.1, -0.05) is 11.6 Å². The summed E-state index contributed by atoms with van der Waals surface area (Å²) in [6.45, 7) is 11.4. The third-order valence-corrected chi connectivity index (χ3v) is 8.81. The minimum atomic E-state index is -0.320. The Morgan fingerprint density at radius 3 is 2.62 bits per heavy atom. The van der Waals surface area contributed by atoms with Gasteiger partial charge in [-0.15, -0.1) is 0 Å². The van der Waals surface area contributed by atoms with Gasteiger partial charge in [0, 0.05) is 33.3 Å². The van der Waals surface area contributed by atoms with Gasteiger partial charge in [-0.2, -0.15) is 0 Å². The number of ether oxygens (including phenoxy) is 4. The zero-order valence-corrected chi connectivity index (χ0v) is 21.2. The van der Waals surface area contributed by atoms with E-state index in [1.165, 1.54) is 5.57 Å². The molecule has 34 heavy (non-hydrogen) atoms. The minimum absolute atomic E-state index is 0.0482. The van der Waals surface area contributed by atoms with E-state index in [-0.39, 0.29) is 47.6 Å². The average Bonchev–Trinajstić information content (AvgIpc) is 3.63. The van der Waals surface area contributed by atoms with Crippen LogP contribution in [-0.4, -0.2) is 103 Å². The van der Waals surface area contributed by atoms with Crippen molar-refractivity contribution in [1.29, 1.82) is 0 Å². The van der Waals surface area contributed by atoms with E-state index in [0.29, 0.717) is 5.92 Å². The van der Waals surface area contributed by atoms with Crippen LogP contribution in [-0.2, 0) is 18.9 Å². The van der Waals surface area contributed by atoms with Crippen molar-refractivity contribution in [2.75, 3.05) is 46.4 Å². The molecule has 8 heteroatoms. The lowest BCUT2D eigenvalue weighted by Gasteiger charge is -2.44. The van der Waals surface area contributed by atoms with Gasteiger partial charge >= 0.3 is 6.09 Å². The molecular formula is C26H42N2O6. The second kappa shape index (κ2) is 9.36. The van der Waals surface area contributed by atoms with Gasteiger partial charge in [0.1, 0.15) is 23.4 Å². The lowest BCUT2D eigenvalue weighted by atomic mass is 9.68. The number of nitrogens with zero attached hydrogens (tertiary/aromatic N) is 2. The molecule has 1 N–H and O–H groups in total. The van der Waals surface area contributed by atoms with Crippen molar-refractivity contribution in [3.8, 4) is 0 Å². The Morgan fingerprint density at radius 1 is 1.24 bits per heavy atom. The number of epoxide rings is 2. The van der Waals surface area contributed by atoms with E-state index in [0.717, 1.165) is 71.4 Å². The Labute approximate surface area is 203 Å². The van der Waals surface area contributed by atoms with E-state index < -0.39 is 0 Å². The molecule has 1 saturated carbocycles. The molecule has 192 valence electrons. The molecule has 8 nitrogen and oxygen atoms in total. The number of β-amino-alcohol motifs (C(OH)–C–C–N with tert-alkyl or cyclic N) is 1. The number of amides is 1. The number of allylic oxidation sites excluding steroid dienone is 1. The number of carbonyl (C=O) groups is 1. The largest absolute Gasteiger partial charge is 0.443 e. The van der Waals surface area contributed by atoms with Gasteiger partial charge in [-0.25, -0.2) is 4.79 Å². The van der Waals surface area contributed by atoms with Crippen LogP contribution in [0.25, 0.3) is 0 Å². The van der Waals surface area contributed by atoms with E-state index in [2.05, 4.69) is 31.7 Å². The van der Waals surface area contributed by atoms with Gasteiger partial charge in [0.15, 0.2) is 0 Å². The molecule has 1 aliphatic carbocycles. The summed E-state index contributed by atoms with van der Waals surface area (Å²) in [5.41, 5.74) is 0.766. The average molecular weight is 479 g/mol. The maximum atomic E-state index is 12.9. The number of rotatable bonds is 8. The van der Waals surface area contributed by atoms with Crippen LogP contribution >= 0.6 is 0 Å². The number of methoxy groups -OCH3 is 1.